The predicted octanol–water partition coefficient (Wildman–Crippen LogP) is 5.79. The number of ether oxygens (including phenoxy) is 1. The predicted molar refractivity (Wildman–Crippen MR) is 151 cm³/mol. The number of hydrogen-bond acceptors (Lipinski definition) is 6. The first kappa shape index (κ1) is 27.4. The molecule has 0 N–H and O–H groups in total. The minimum atomic E-state index is -1.19. The largest absolute Gasteiger partial charge is 0.461 e. The number of amides is 2. The SMILES string of the molecule is O=C(CCCCCN1C(=O)[C@H]2[C@H](C1=O)C1(Cl)c3ccccc3C2(Cl)c2ccccc21)OCc1ccc([N+](=O)[O-])cc1. The molecule has 0 unspecified atom stereocenters. The number of unbranched alkanes of at least 4 members (excludes halogenated alkanes) is 2. The molecule has 2 bridgehead atoms. The molecule has 10 heteroatoms. The van der Waals surface area contributed by atoms with Crippen molar-refractivity contribution in [1.82, 2.24) is 4.90 Å². The summed E-state index contributed by atoms with van der Waals surface area (Å²) in [6, 6.07) is 20.9. The van der Waals surface area contributed by atoms with E-state index >= 15 is 0 Å². The summed E-state index contributed by atoms with van der Waals surface area (Å²) in [6.45, 7) is 0.247. The van der Waals surface area contributed by atoms with Gasteiger partial charge in [0.15, 0.2) is 0 Å². The number of benzene rings is 3. The summed E-state index contributed by atoms with van der Waals surface area (Å²) in [5, 5.41) is 10.8. The van der Waals surface area contributed by atoms with E-state index in [4.69, 9.17) is 27.9 Å². The number of nitro groups is 1. The van der Waals surface area contributed by atoms with Gasteiger partial charge in [-0.2, -0.15) is 0 Å². The Bertz CT molecular complexity index is 1450. The van der Waals surface area contributed by atoms with E-state index < -0.39 is 26.5 Å². The molecule has 1 heterocycles. The first-order valence-corrected chi connectivity index (χ1v) is 14.3. The molecule has 7 rings (SSSR count). The molecule has 3 aliphatic carbocycles. The standard InChI is InChI=1S/C31H26Cl2N2O6/c32-30-21-8-3-4-9-22(21)31(33,24-11-6-5-10-23(24)30)27-26(30)28(37)34(29(27)38)17-7-1-2-12-25(36)41-18-19-13-15-20(16-14-19)35(39)40/h3-6,8-11,13-16,26-27H,1-2,7,12,17-18H2/t26-,27-,30?,31?/m1/s1. The van der Waals surface area contributed by atoms with Crippen molar-refractivity contribution in [3.63, 3.8) is 0 Å². The van der Waals surface area contributed by atoms with Crippen LogP contribution in [0.25, 0.3) is 0 Å². The number of nitro benzene ring substituents is 1. The first-order valence-electron chi connectivity index (χ1n) is 13.5. The Morgan fingerprint density at radius 1 is 0.805 bits per heavy atom. The van der Waals surface area contributed by atoms with Crippen LogP contribution in [0.15, 0.2) is 72.8 Å². The zero-order chi connectivity index (χ0) is 28.9. The highest BCUT2D eigenvalue weighted by molar-refractivity contribution is 6.36. The quantitative estimate of drug-likeness (QED) is 0.0777. The van der Waals surface area contributed by atoms with Gasteiger partial charge in [-0.15, -0.1) is 23.2 Å². The van der Waals surface area contributed by atoms with Gasteiger partial charge in [0.1, 0.15) is 16.4 Å². The number of carbonyl (C=O) groups is 3. The molecule has 2 atom stereocenters. The van der Waals surface area contributed by atoms with Gasteiger partial charge in [0.05, 0.1) is 16.8 Å². The van der Waals surface area contributed by atoms with E-state index in [2.05, 4.69) is 0 Å². The molecular weight excluding hydrogens is 567 g/mol. The van der Waals surface area contributed by atoms with Crippen molar-refractivity contribution in [1.29, 1.82) is 0 Å². The number of hydrogen-bond donors (Lipinski definition) is 0. The molecular formula is C31H26Cl2N2O6. The Labute approximate surface area is 246 Å². The third kappa shape index (κ3) is 4.15. The molecule has 0 saturated carbocycles. The topological polar surface area (TPSA) is 107 Å². The highest BCUT2D eigenvalue weighted by Crippen LogP contribution is 2.69. The van der Waals surface area contributed by atoms with Gasteiger partial charge in [-0.05, 0) is 52.8 Å². The van der Waals surface area contributed by atoms with Crippen molar-refractivity contribution < 1.29 is 24.0 Å². The summed E-state index contributed by atoms with van der Waals surface area (Å²) < 4.78 is 5.26. The number of likely N-dealkylation sites (tertiary alicyclic amines) is 1. The monoisotopic (exact) mass is 592 g/mol. The maximum atomic E-state index is 13.8. The lowest BCUT2D eigenvalue weighted by atomic mass is 9.54. The molecule has 2 amide bonds. The smallest absolute Gasteiger partial charge is 0.306 e. The van der Waals surface area contributed by atoms with Gasteiger partial charge in [-0.1, -0.05) is 55.0 Å². The van der Waals surface area contributed by atoms with Gasteiger partial charge in [0.25, 0.3) is 5.69 Å². The second-order valence-corrected chi connectivity index (χ2v) is 11.9. The number of non-ortho nitro benzene ring substituents is 1. The Morgan fingerprint density at radius 2 is 1.29 bits per heavy atom. The minimum Gasteiger partial charge on any atom is -0.461 e. The van der Waals surface area contributed by atoms with Gasteiger partial charge in [-0.3, -0.25) is 29.4 Å². The molecule has 0 aromatic heterocycles. The van der Waals surface area contributed by atoms with Crippen LogP contribution in [-0.2, 0) is 35.5 Å². The fourth-order valence-corrected chi connectivity index (χ4v) is 7.71. The Hall–Kier alpha value is -3.75. The van der Waals surface area contributed by atoms with Crippen molar-refractivity contribution in [2.45, 2.75) is 42.0 Å². The van der Waals surface area contributed by atoms with E-state index in [1.54, 1.807) is 12.1 Å². The van der Waals surface area contributed by atoms with Crippen molar-refractivity contribution in [2.75, 3.05) is 6.54 Å². The van der Waals surface area contributed by atoms with E-state index in [-0.39, 0.29) is 43.0 Å². The van der Waals surface area contributed by atoms with Gasteiger partial charge in [-0.25, -0.2) is 0 Å². The van der Waals surface area contributed by atoms with E-state index in [1.807, 2.05) is 48.5 Å². The maximum Gasteiger partial charge on any atom is 0.306 e. The molecule has 1 fully saturated rings. The lowest BCUT2D eigenvalue weighted by Gasteiger charge is -2.54. The van der Waals surface area contributed by atoms with Crippen molar-refractivity contribution >= 4 is 46.7 Å². The fourth-order valence-electron chi connectivity index (χ4n) is 6.61. The highest BCUT2D eigenvalue weighted by Gasteiger charge is 2.72. The second kappa shape index (κ2) is 10.3. The second-order valence-electron chi connectivity index (χ2n) is 10.7. The van der Waals surface area contributed by atoms with E-state index in [0.717, 1.165) is 22.3 Å². The summed E-state index contributed by atoms with van der Waals surface area (Å²) in [6.07, 6.45) is 1.84. The zero-order valence-corrected chi connectivity index (χ0v) is 23.4. The van der Waals surface area contributed by atoms with Gasteiger partial charge in [0.2, 0.25) is 11.8 Å². The van der Waals surface area contributed by atoms with Crippen LogP contribution in [0.5, 0.6) is 0 Å². The highest BCUT2D eigenvalue weighted by atomic mass is 35.5. The molecule has 0 spiro atoms. The van der Waals surface area contributed by atoms with Crippen LogP contribution < -0.4 is 0 Å². The number of imide groups is 1. The van der Waals surface area contributed by atoms with E-state index in [0.29, 0.717) is 24.8 Å². The normalized spacial score (nSPS) is 25.5. The van der Waals surface area contributed by atoms with Gasteiger partial charge in [0, 0.05) is 25.1 Å². The first-order chi connectivity index (χ1) is 19.7. The zero-order valence-electron chi connectivity index (χ0n) is 21.9. The van der Waals surface area contributed by atoms with E-state index in [1.165, 1.54) is 17.0 Å². The van der Waals surface area contributed by atoms with Crippen LogP contribution in [-0.4, -0.2) is 34.2 Å². The summed E-state index contributed by atoms with van der Waals surface area (Å²) in [4.78, 5) is 49.0. The minimum absolute atomic E-state index is 0.0292. The van der Waals surface area contributed by atoms with Gasteiger partial charge < -0.3 is 4.74 Å². The molecule has 3 aromatic rings. The summed E-state index contributed by atoms with van der Waals surface area (Å²) >= 11 is 14.8. The average molecular weight is 593 g/mol. The van der Waals surface area contributed by atoms with Gasteiger partial charge >= 0.3 is 5.97 Å². The molecule has 1 saturated heterocycles. The van der Waals surface area contributed by atoms with Crippen molar-refractivity contribution in [3.05, 3.63) is 111 Å². The van der Waals surface area contributed by atoms with Crippen LogP contribution in [0.4, 0.5) is 5.69 Å². The summed E-state index contributed by atoms with van der Waals surface area (Å²) in [5.74, 6) is -2.64. The molecule has 3 aromatic carbocycles. The maximum absolute atomic E-state index is 13.8. The average Bonchev–Trinajstić information content (AvgIpc) is 3.25. The van der Waals surface area contributed by atoms with E-state index in [9.17, 15) is 24.5 Å². The molecule has 8 nitrogen and oxygen atoms in total. The number of nitrogens with zero attached hydrogens (tertiary/aromatic N) is 2. The molecule has 41 heavy (non-hydrogen) atoms. The summed E-state index contributed by atoms with van der Waals surface area (Å²) in [7, 11) is 0. The van der Waals surface area contributed by atoms with Crippen LogP contribution in [0.3, 0.4) is 0 Å². The third-order valence-electron chi connectivity index (χ3n) is 8.49. The Kier molecular flexibility index (Phi) is 6.86. The summed E-state index contributed by atoms with van der Waals surface area (Å²) in [5.41, 5.74) is 3.71. The lowest BCUT2D eigenvalue weighted by molar-refractivity contribution is -0.384. The number of rotatable bonds is 9. The Morgan fingerprint density at radius 3 is 1.76 bits per heavy atom. The number of halogens is 2. The molecule has 1 aliphatic heterocycles. The lowest BCUT2D eigenvalue weighted by Crippen LogP contribution is -2.57. The van der Waals surface area contributed by atoms with Crippen LogP contribution in [0, 0.1) is 22.0 Å². The molecule has 0 radical (unpaired) electrons. The number of alkyl halides is 2. The van der Waals surface area contributed by atoms with Crippen LogP contribution in [0.1, 0.15) is 53.5 Å². The third-order valence-corrected chi connectivity index (χ3v) is 9.77. The Balaban J connectivity index is 1.08. The van der Waals surface area contributed by atoms with Crippen LogP contribution >= 0.6 is 23.2 Å². The fraction of sp³-hybridized carbons (Fsp3) is 0.323. The number of esters is 1. The van der Waals surface area contributed by atoms with Crippen molar-refractivity contribution in [3.8, 4) is 0 Å². The number of carbonyl (C=O) groups excluding carboxylic acids is 3. The van der Waals surface area contributed by atoms with Crippen molar-refractivity contribution in [2.24, 2.45) is 11.8 Å². The molecule has 210 valence electrons. The van der Waals surface area contributed by atoms with Crippen LogP contribution in [0.2, 0.25) is 0 Å². The molecule has 4 aliphatic rings.